The maximum atomic E-state index is 12.8. The first kappa shape index (κ1) is 24.1. The lowest BCUT2D eigenvalue weighted by atomic mass is 10.0. The van der Waals surface area contributed by atoms with E-state index in [2.05, 4.69) is 14.9 Å². The summed E-state index contributed by atoms with van der Waals surface area (Å²) in [4.78, 5) is 39.2. The minimum absolute atomic E-state index is 0.0312. The number of benzene rings is 1. The zero-order valence-electron chi connectivity index (χ0n) is 17.3. The number of nitrogens with zero attached hydrogens (tertiary/aromatic N) is 3. The van der Waals surface area contributed by atoms with Crippen molar-refractivity contribution in [1.29, 1.82) is 0 Å². The van der Waals surface area contributed by atoms with Crippen LogP contribution in [0.2, 0.25) is 0 Å². The third-order valence-corrected chi connectivity index (χ3v) is 9.41. The number of carbonyl (C=O) groups excluding carboxylic acids is 2. The maximum absolute atomic E-state index is 12.8. The van der Waals surface area contributed by atoms with E-state index in [1.165, 1.54) is 40.0 Å². The van der Waals surface area contributed by atoms with Gasteiger partial charge in [0, 0.05) is 28.7 Å². The first-order valence-electron chi connectivity index (χ1n) is 10.0. The van der Waals surface area contributed by atoms with Crippen LogP contribution in [0.4, 0.5) is 0 Å². The molecule has 0 bridgehead atoms. The van der Waals surface area contributed by atoms with E-state index in [9.17, 15) is 19.5 Å². The molecule has 1 aromatic heterocycles. The largest absolute Gasteiger partial charge is 0.477 e. The van der Waals surface area contributed by atoms with Crippen LogP contribution in [0.25, 0.3) is 0 Å². The molecular weight excluding hydrogens is 503 g/mol. The molecule has 3 heterocycles. The number of aromatic nitrogens is 2. The van der Waals surface area contributed by atoms with Crippen molar-refractivity contribution < 1.29 is 19.5 Å². The smallest absolute Gasteiger partial charge is 0.353 e. The summed E-state index contributed by atoms with van der Waals surface area (Å²) in [5.41, 5.74) is 7.14. The zero-order valence-corrected chi connectivity index (χ0v) is 20.6. The molecule has 2 atom stereocenters. The fraction of sp³-hybridized carbons (Fsp3) is 0.350. The van der Waals surface area contributed by atoms with Crippen LogP contribution in [-0.4, -0.2) is 66.8 Å². The Labute approximate surface area is 207 Å². The number of hydrogen-bond acceptors (Lipinski definition) is 10. The van der Waals surface area contributed by atoms with E-state index >= 15 is 0 Å². The topological polar surface area (TPSA) is 139 Å². The molecule has 0 saturated carbocycles. The van der Waals surface area contributed by atoms with Gasteiger partial charge in [0.1, 0.15) is 21.3 Å². The second-order valence-electron chi connectivity index (χ2n) is 7.14. The summed E-state index contributed by atoms with van der Waals surface area (Å²) >= 11 is 5.58. The van der Waals surface area contributed by atoms with Crippen molar-refractivity contribution in [2.45, 2.75) is 27.8 Å². The number of amides is 2. The number of fused-ring (bicyclic) bond motifs is 1. The summed E-state index contributed by atoms with van der Waals surface area (Å²) in [6.45, 7) is 0.567. The van der Waals surface area contributed by atoms with E-state index in [0.717, 1.165) is 21.2 Å². The summed E-state index contributed by atoms with van der Waals surface area (Å²) in [6, 6.07) is 8.51. The monoisotopic (exact) mass is 523 g/mol. The van der Waals surface area contributed by atoms with E-state index in [1.54, 1.807) is 11.8 Å². The minimum atomic E-state index is -1.17. The number of carboxylic acids is 1. The molecule has 1 saturated heterocycles. The Balaban J connectivity index is 1.45. The highest BCUT2D eigenvalue weighted by atomic mass is 32.2. The average Bonchev–Trinajstić information content (AvgIpc) is 3.24. The number of β-lactam (4-membered cyclic amide) rings is 1. The molecule has 1 aromatic carbocycles. The van der Waals surface area contributed by atoms with E-state index in [-0.39, 0.29) is 18.0 Å². The van der Waals surface area contributed by atoms with Gasteiger partial charge in [-0.25, -0.2) is 4.79 Å². The molecule has 2 amide bonds. The van der Waals surface area contributed by atoms with Gasteiger partial charge >= 0.3 is 5.97 Å². The molecule has 33 heavy (non-hydrogen) atoms. The fourth-order valence-corrected chi connectivity index (χ4v) is 7.65. The summed E-state index contributed by atoms with van der Waals surface area (Å²) in [5.74, 6) is 0.00358. The molecule has 2 aliphatic rings. The molecule has 0 aliphatic carbocycles. The van der Waals surface area contributed by atoms with Crippen molar-refractivity contribution in [2.75, 3.05) is 18.1 Å². The molecule has 9 nitrogen and oxygen atoms in total. The van der Waals surface area contributed by atoms with E-state index in [0.29, 0.717) is 23.0 Å². The average molecular weight is 524 g/mol. The number of rotatable bonds is 10. The molecule has 1 fully saturated rings. The summed E-state index contributed by atoms with van der Waals surface area (Å²) < 4.78 is 4.81. The summed E-state index contributed by atoms with van der Waals surface area (Å²) in [7, 11) is 0. The Bertz CT molecular complexity index is 1080. The van der Waals surface area contributed by atoms with Gasteiger partial charge in [0.25, 0.3) is 5.91 Å². The van der Waals surface area contributed by atoms with Gasteiger partial charge in [0.2, 0.25) is 5.91 Å². The lowest BCUT2D eigenvalue weighted by Crippen LogP contribution is -2.70. The number of carbonyl (C=O) groups is 3. The normalized spacial score (nSPS) is 19.8. The summed E-state index contributed by atoms with van der Waals surface area (Å²) in [6.07, 6.45) is 0.161. The first-order chi connectivity index (χ1) is 16.0. The van der Waals surface area contributed by atoms with E-state index in [1.807, 2.05) is 30.3 Å². The highest BCUT2D eigenvalue weighted by Crippen LogP contribution is 2.46. The highest BCUT2D eigenvalue weighted by molar-refractivity contribution is 8.07. The van der Waals surface area contributed by atoms with Crippen molar-refractivity contribution in [2.24, 2.45) is 5.73 Å². The van der Waals surface area contributed by atoms with Crippen LogP contribution in [0.15, 0.2) is 45.1 Å². The predicted molar refractivity (Wildman–Crippen MR) is 131 cm³/mol. The lowest BCUT2D eigenvalue weighted by molar-refractivity contribution is -0.150. The zero-order chi connectivity index (χ0) is 23.4. The van der Waals surface area contributed by atoms with Crippen LogP contribution in [0.3, 0.4) is 0 Å². The second-order valence-corrected chi connectivity index (χ2v) is 11.5. The molecule has 0 radical (unpaired) electrons. The van der Waals surface area contributed by atoms with Crippen LogP contribution in [-0.2, 0) is 26.6 Å². The van der Waals surface area contributed by atoms with Gasteiger partial charge in [-0.1, -0.05) is 46.6 Å². The molecule has 2 aromatic rings. The highest BCUT2D eigenvalue weighted by Gasteiger charge is 2.54. The SMILES string of the molecule is NCCSCc1nnsc1SC1=C(C(=O)O)N2C(=O)[C@@H](NC(=O)Cc3ccccc3)[C@H]2SC1. The quantitative estimate of drug-likeness (QED) is 0.312. The summed E-state index contributed by atoms with van der Waals surface area (Å²) in [5, 5.41) is 16.4. The third-order valence-electron chi connectivity index (χ3n) is 4.90. The molecule has 0 unspecified atom stereocenters. The Morgan fingerprint density at radius 1 is 1.30 bits per heavy atom. The van der Waals surface area contributed by atoms with Crippen molar-refractivity contribution in [3.05, 3.63) is 52.2 Å². The number of thioether (sulfide) groups is 3. The van der Waals surface area contributed by atoms with Crippen molar-refractivity contribution >= 4 is 64.6 Å². The maximum Gasteiger partial charge on any atom is 0.353 e. The van der Waals surface area contributed by atoms with E-state index in [4.69, 9.17) is 5.73 Å². The molecule has 4 N–H and O–H groups in total. The second kappa shape index (κ2) is 10.9. The number of nitrogens with one attached hydrogen (secondary N) is 1. The third kappa shape index (κ3) is 5.38. The van der Waals surface area contributed by atoms with Crippen molar-refractivity contribution in [1.82, 2.24) is 19.8 Å². The Hall–Kier alpha value is -2.06. The van der Waals surface area contributed by atoms with Crippen LogP contribution < -0.4 is 11.1 Å². The minimum Gasteiger partial charge on any atom is -0.477 e. The van der Waals surface area contributed by atoms with Gasteiger partial charge in [-0.15, -0.1) is 16.9 Å². The standard InChI is InChI=1S/C20H21N5O4S4/c21-6-7-30-9-12-20(33-24-23-12)32-13-10-31-18-15(17(27)25(18)16(13)19(28)29)22-14(26)8-11-4-2-1-3-5-11/h1-5,15,18H,6-10,21H2,(H,22,26)(H,28,29)/t15-,18-/m1/s1. The van der Waals surface area contributed by atoms with Gasteiger partial charge in [0.05, 0.1) is 12.1 Å². The van der Waals surface area contributed by atoms with Crippen molar-refractivity contribution in [3.8, 4) is 0 Å². The number of carboxylic acid groups (broad SMARTS) is 1. The molecule has 0 spiro atoms. The Morgan fingerprint density at radius 3 is 2.82 bits per heavy atom. The molecule has 13 heteroatoms. The van der Waals surface area contributed by atoms with Gasteiger partial charge in [-0.3, -0.25) is 14.5 Å². The fourth-order valence-electron chi connectivity index (χ4n) is 3.40. The van der Waals surface area contributed by atoms with Crippen LogP contribution in [0.1, 0.15) is 11.3 Å². The van der Waals surface area contributed by atoms with Crippen LogP contribution in [0.5, 0.6) is 0 Å². The molecular formula is C20H21N5O4S4. The number of nitrogens with two attached hydrogens (primary N) is 1. The van der Waals surface area contributed by atoms with Gasteiger partial charge in [-0.2, -0.15) is 11.8 Å². The Kier molecular flexibility index (Phi) is 7.96. The molecule has 2 aliphatic heterocycles. The number of aliphatic carboxylic acids is 1. The van der Waals surface area contributed by atoms with Gasteiger partial charge in [-0.05, 0) is 17.1 Å². The predicted octanol–water partition coefficient (Wildman–Crippen LogP) is 1.76. The van der Waals surface area contributed by atoms with Crippen LogP contribution in [0, 0.1) is 0 Å². The number of hydrogen-bond donors (Lipinski definition) is 3. The van der Waals surface area contributed by atoms with Crippen LogP contribution >= 0.6 is 46.8 Å². The Morgan fingerprint density at radius 2 is 2.09 bits per heavy atom. The van der Waals surface area contributed by atoms with E-state index < -0.39 is 23.3 Å². The molecule has 174 valence electrons. The molecule has 4 rings (SSSR count). The lowest BCUT2D eigenvalue weighted by Gasteiger charge is -2.49. The van der Waals surface area contributed by atoms with Crippen molar-refractivity contribution in [3.63, 3.8) is 0 Å². The van der Waals surface area contributed by atoms with Gasteiger partial charge in [0.15, 0.2) is 0 Å². The van der Waals surface area contributed by atoms with Gasteiger partial charge < -0.3 is 16.2 Å². The first-order valence-corrected chi connectivity index (χ1v) is 13.8.